The third kappa shape index (κ3) is 4.13. The molecule has 0 bridgehead atoms. The van der Waals surface area contributed by atoms with E-state index in [2.05, 4.69) is 46.4 Å². The number of aromatic nitrogens is 1. The molecule has 1 heterocycles. The van der Waals surface area contributed by atoms with Gasteiger partial charge in [0.1, 0.15) is 12.4 Å². The van der Waals surface area contributed by atoms with Crippen molar-refractivity contribution < 1.29 is 14.3 Å². The van der Waals surface area contributed by atoms with E-state index < -0.39 is 6.09 Å². The van der Waals surface area contributed by atoms with Crippen molar-refractivity contribution >= 4 is 6.09 Å². The van der Waals surface area contributed by atoms with Crippen molar-refractivity contribution in [3.63, 3.8) is 0 Å². The van der Waals surface area contributed by atoms with Gasteiger partial charge in [0, 0.05) is 31.3 Å². The molecule has 0 radical (unpaired) electrons. The predicted molar refractivity (Wildman–Crippen MR) is 115 cm³/mol. The first-order chi connectivity index (χ1) is 14.8. The number of rotatable bonds is 5. The molecule has 1 aliphatic carbocycles. The quantitative estimate of drug-likeness (QED) is 0.512. The van der Waals surface area contributed by atoms with Gasteiger partial charge in [-0.2, -0.15) is 0 Å². The third-order valence-corrected chi connectivity index (χ3v) is 5.09. The number of nitrogens with one attached hydrogen (secondary N) is 1. The molecule has 5 heteroatoms. The molecule has 1 aliphatic rings. The van der Waals surface area contributed by atoms with Gasteiger partial charge in [-0.25, -0.2) is 4.79 Å². The molecule has 30 heavy (non-hydrogen) atoms. The summed E-state index contributed by atoms with van der Waals surface area (Å²) in [6, 6.07) is 18.3. The van der Waals surface area contributed by atoms with E-state index in [1.54, 1.807) is 25.6 Å². The van der Waals surface area contributed by atoms with Crippen LogP contribution in [0.25, 0.3) is 11.1 Å². The molecule has 4 rings (SSSR count). The van der Waals surface area contributed by atoms with E-state index in [0.717, 1.165) is 5.56 Å². The molecular weight excluding hydrogens is 376 g/mol. The third-order valence-electron chi connectivity index (χ3n) is 5.09. The van der Waals surface area contributed by atoms with E-state index >= 15 is 0 Å². The van der Waals surface area contributed by atoms with E-state index in [-0.39, 0.29) is 5.92 Å². The number of nitrogens with zero attached hydrogens (tertiary/aromatic N) is 1. The maximum Gasteiger partial charge on any atom is 0.407 e. The normalized spacial score (nSPS) is 11.6. The fourth-order valence-corrected chi connectivity index (χ4v) is 3.69. The molecule has 5 nitrogen and oxygen atoms in total. The van der Waals surface area contributed by atoms with Gasteiger partial charge in [-0.1, -0.05) is 60.4 Å². The summed E-state index contributed by atoms with van der Waals surface area (Å²) >= 11 is 0. The Balaban J connectivity index is 1.29. The number of fused-ring (bicyclic) bond motifs is 3. The number of benzene rings is 2. The van der Waals surface area contributed by atoms with Gasteiger partial charge in [0.2, 0.25) is 0 Å². The van der Waals surface area contributed by atoms with Crippen LogP contribution in [0.4, 0.5) is 4.79 Å². The largest absolute Gasteiger partial charge is 0.495 e. The molecular formula is C25H22N2O3. The molecule has 0 spiro atoms. The van der Waals surface area contributed by atoms with E-state index in [4.69, 9.17) is 9.47 Å². The Morgan fingerprint density at radius 3 is 2.47 bits per heavy atom. The highest BCUT2D eigenvalue weighted by Crippen LogP contribution is 2.44. The Hall–Kier alpha value is -3.78. The summed E-state index contributed by atoms with van der Waals surface area (Å²) in [6.45, 7) is 0.713. The zero-order valence-electron chi connectivity index (χ0n) is 16.7. The zero-order valence-corrected chi connectivity index (χ0v) is 16.7. The van der Waals surface area contributed by atoms with Gasteiger partial charge >= 0.3 is 6.09 Å². The minimum absolute atomic E-state index is 0.0565. The minimum atomic E-state index is -0.433. The first kappa shape index (κ1) is 19.5. The molecule has 2 aromatic carbocycles. The van der Waals surface area contributed by atoms with Crippen LogP contribution in [-0.2, 0) is 4.74 Å². The molecule has 0 fully saturated rings. The van der Waals surface area contributed by atoms with Crippen molar-refractivity contribution in [3.8, 4) is 28.7 Å². The van der Waals surface area contributed by atoms with Crippen molar-refractivity contribution in [3.05, 3.63) is 83.7 Å². The van der Waals surface area contributed by atoms with Crippen LogP contribution < -0.4 is 10.1 Å². The Bertz CT molecular complexity index is 1070. The molecule has 1 aromatic heterocycles. The number of alkyl carbamates (subject to hydrolysis) is 1. The monoisotopic (exact) mass is 398 g/mol. The average molecular weight is 398 g/mol. The Labute approximate surface area is 176 Å². The lowest BCUT2D eigenvalue weighted by Gasteiger charge is -2.14. The van der Waals surface area contributed by atoms with Crippen molar-refractivity contribution in [2.45, 2.75) is 12.3 Å². The molecule has 0 saturated carbocycles. The molecule has 3 aromatic rings. The highest BCUT2D eigenvalue weighted by molar-refractivity contribution is 5.79. The fraction of sp³-hybridized carbons (Fsp3) is 0.200. The number of pyridine rings is 1. The summed E-state index contributed by atoms with van der Waals surface area (Å²) in [4.78, 5) is 16.2. The molecule has 0 atom stereocenters. The highest BCUT2D eigenvalue weighted by Gasteiger charge is 2.28. The van der Waals surface area contributed by atoms with Gasteiger partial charge in [0.25, 0.3) is 0 Å². The second-order valence-electron chi connectivity index (χ2n) is 6.88. The Kier molecular flexibility index (Phi) is 5.95. The molecule has 1 N–H and O–H groups in total. The number of methoxy groups -OCH3 is 1. The molecule has 0 aliphatic heterocycles. The van der Waals surface area contributed by atoms with Gasteiger partial charge in [-0.3, -0.25) is 4.98 Å². The maximum atomic E-state index is 12.1. The number of amides is 1. The second kappa shape index (κ2) is 9.15. The minimum Gasteiger partial charge on any atom is -0.495 e. The molecule has 1 amide bonds. The highest BCUT2D eigenvalue weighted by atomic mass is 16.5. The Morgan fingerprint density at radius 2 is 1.77 bits per heavy atom. The summed E-state index contributed by atoms with van der Waals surface area (Å²) in [5, 5.41) is 2.76. The van der Waals surface area contributed by atoms with E-state index in [1.165, 1.54) is 22.3 Å². The summed E-state index contributed by atoms with van der Waals surface area (Å²) in [5.41, 5.74) is 5.54. The SMILES string of the molecule is COc1ccncc1C#CCCNC(=O)OCC1c2ccccc2-c2ccccc21. The predicted octanol–water partition coefficient (Wildman–Crippen LogP) is 4.37. The smallest absolute Gasteiger partial charge is 0.407 e. The zero-order chi connectivity index (χ0) is 20.8. The van der Waals surface area contributed by atoms with Crippen molar-refractivity contribution in [1.29, 1.82) is 0 Å². The number of ether oxygens (including phenoxy) is 2. The van der Waals surface area contributed by atoms with Crippen LogP contribution in [0.2, 0.25) is 0 Å². The topological polar surface area (TPSA) is 60.5 Å². The second-order valence-corrected chi connectivity index (χ2v) is 6.88. The van der Waals surface area contributed by atoms with E-state index in [9.17, 15) is 4.79 Å². The summed E-state index contributed by atoms with van der Waals surface area (Å²) < 4.78 is 10.8. The maximum absolute atomic E-state index is 12.1. The van der Waals surface area contributed by atoms with E-state index in [0.29, 0.717) is 25.3 Å². The van der Waals surface area contributed by atoms with Gasteiger partial charge < -0.3 is 14.8 Å². The van der Waals surface area contributed by atoms with Gasteiger partial charge in [0.05, 0.1) is 12.7 Å². The average Bonchev–Trinajstić information content (AvgIpc) is 3.11. The molecule has 0 unspecified atom stereocenters. The van der Waals surface area contributed by atoms with Crippen molar-refractivity contribution in [1.82, 2.24) is 10.3 Å². The molecule has 0 saturated heterocycles. The lowest BCUT2D eigenvalue weighted by Crippen LogP contribution is -2.26. The van der Waals surface area contributed by atoms with Gasteiger partial charge in [-0.05, 0) is 28.3 Å². The fourth-order valence-electron chi connectivity index (χ4n) is 3.69. The van der Waals surface area contributed by atoms with Crippen LogP contribution in [0.3, 0.4) is 0 Å². The first-order valence-electron chi connectivity index (χ1n) is 9.83. The van der Waals surface area contributed by atoms with Gasteiger partial charge in [-0.15, -0.1) is 0 Å². The number of carbonyl (C=O) groups is 1. The summed E-state index contributed by atoms with van der Waals surface area (Å²) in [6.07, 6.45) is 3.38. The van der Waals surface area contributed by atoms with E-state index in [1.807, 2.05) is 24.3 Å². The first-order valence-corrected chi connectivity index (χ1v) is 9.83. The van der Waals surface area contributed by atoms with Crippen molar-refractivity contribution in [2.75, 3.05) is 20.3 Å². The summed E-state index contributed by atoms with van der Waals surface area (Å²) in [7, 11) is 1.60. The lowest BCUT2D eigenvalue weighted by atomic mass is 9.98. The molecule has 150 valence electrons. The number of carbonyl (C=O) groups excluding carboxylic acids is 1. The number of hydrogen-bond acceptors (Lipinski definition) is 4. The number of hydrogen-bond donors (Lipinski definition) is 1. The van der Waals surface area contributed by atoms with Crippen molar-refractivity contribution in [2.24, 2.45) is 0 Å². The van der Waals surface area contributed by atoms with Crippen LogP contribution in [-0.4, -0.2) is 31.3 Å². The lowest BCUT2D eigenvalue weighted by molar-refractivity contribution is 0.143. The van der Waals surface area contributed by atoms with Gasteiger partial charge in [0.15, 0.2) is 0 Å². The van der Waals surface area contributed by atoms with Crippen LogP contribution >= 0.6 is 0 Å². The van der Waals surface area contributed by atoms with Crippen LogP contribution in [0.15, 0.2) is 67.0 Å². The summed E-state index contributed by atoms with van der Waals surface area (Å²) in [5.74, 6) is 6.76. The van der Waals surface area contributed by atoms with Crippen LogP contribution in [0.5, 0.6) is 5.75 Å². The van der Waals surface area contributed by atoms with Crippen LogP contribution in [0.1, 0.15) is 29.0 Å². The Morgan fingerprint density at radius 1 is 1.07 bits per heavy atom. The standard InChI is InChI=1S/C25H22N2O3/c1-29-24-13-15-26-16-18(24)8-6-7-14-27-25(28)30-17-23-21-11-4-2-9-19(21)20-10-3-5-12-22(20)23/h2-5,9-13,15-16,23H,7,14,17H2,1H3,(H,27,28). The van der Waals surface area contributed by atoms with Crippen LogP contribution in [0, 0.1) is 11.8 Å².